The van der Waals surface area contributed by atoms with Gasteiger partial charge in [-0.2, -0.15) is 0 Å². The molecule has 1 fully saturated rings. The highest BCUT2D eigenvalue weighted by atomic mass is 19.2. The number of benzene rings is 1. The number of hydrogen-bond donors (Lipinski definition) is 2. The number of aromatic hydroxyl groups is 1. The summed E-state index contributed by atoms with van der Waals surface area (Å²) in [4.78, 5) is 0. The number of piperidine rings is 1. The maximum Gasteiger partial charge on any atom is 0.162 e. The smallest absolute Gasteiger partial charge is 0.162 e. The molecular formula is C11H13F2NO. The summed E-state index contributed by atoms with van der Waals surface area (Å²) in [7, 11) is 0. The molecule has 15 heavy (non-hydrogen) atoms. The molecular weight excluding hydrogens is 200 g/mol. The zero-order chi connectivity index (χ0) is 10.8. The van der Waals surface area contributed by atoms with E-state index in [4.69, 9.17) is 0 Å². The molecule has 0 aromatic heterocycles. The van der Waals surface area contributed by atoms with E-state index in [1.165, 1.54) is 0 Å². The van der Waals surface area contributed by atoms with E-state index in [1.807, 2.05) is 0 Å². The van der Waals surface area contributed by atoms with E-state index < -0.39 is 11.6 Å². The van der Waals surface area contributed by atoms with Gasteiger partial charge in [0, 0.05) is 24.1 Å². The largest absolute Gasteiger partial charge is 0.508 e. The lowest BCUT2D eigenvalue weighted by atomic mass is 9.91. The van der Waals surface area contributed by atoms with Crippen LogP contribution in [0.4, 0.5) is 8.78 Å². The molecule has 0 bridgehead atoms. The maximum atomic E-state index is 13.0. The van der Waals surface area contributed by atoms with Crippen molar-refractivity contribution in [1.82, 2.24) is 5.32 Å². The van der Waals surface area contributed by atoms with E-state index in [-0.39, 0.29) is 11.7 Å². The Morgan fingerprint density at radius 3 is 2.67 bits per heavy atom. The monoisotopic (exact) mass is 213 g/mol. The zero-order valence-corrected chi connectivity index (χ0v) is 8.26. The van der Waals surface area contributed by atoms with Crippen molar-refractivity contribution in [3.8, 4) is 5.75 Å². The number of hydrogen-bond acceptors (Lipinski definition) is 2. The van der Waals surface area contributed by atoms with E-state index in [9.17, 15) is 13.9 Å². The Morgan fingerprint density at radius 1 is 1.27 bits per heavy atom. The number of rotatable bonds is 1. The van der Waals surface area contributed by atoms with E-state index in [0.717, 1.165) is 31.5 Å². The van der Waals surface area contributed by atoms with Crippen LogP contribution in [0.15, 0.2) is 12.1 Å². The average molecular weight is 213 g/mol. The van der Waals surface area contributed by atoms with Gasteiger partial charge in [-0.15, -0.1) is 0 Å². The zero-order valence-electron chi connectivity index (χ0n) is 8.26. The third kappa shape index (κ3) is 2.09. The number of phenols is 1. The summed E-state index contributed by atoms with van der Waals surface area (Å²) in [6, 6.07) is 1.95. The molecule has 1 saturated heterocycles. The minimum atomic E-state index is -1.000. The Morgan fingerprint density at radius 2 is 2.00 bits per heavy atom. The summed E-state index contributed by atoms with van der Waals surface area (Å²) in [5.74, 6) is -1.97. The first-order valence-electron chi connectivity index (χ1n) is 5.07. The molecule has 1 aliphatic heterocycles. The van der Waals surface area contributed by atoms with Crippen LogP contribution < -0.4 is 5.32 Å². The van der Waals surface area contributed by atoms with Gasteiger partial charge in [0.15, 0.2) is 11.6 Å². The molecule has 0 amide bonds. The van der Waals surface area contributed by atoms with Gasteiger partial charge < -0.3 is 10.4 Å². The van der Waals surface area contributed by atoms with Crippen molar-refractivity contribution in [2.75, 3.05) is 13.1 Å². The van der Waals surface area contributed by atoms with Gasteiger partial charge in [0.25, 0.3) is 0 Å². The van der Waals surface area contributed by atoms with Crippen LogP contribution in [0.1, 0.15) is 24.3 Å². The third-order valence-electron chi connectivity index (χ3n) is 2.81. The molecule has 0 spiro atoms. The van der Waals surface area contributed by atoms with Crippen LogP contribution in [-0.2, 0) is 0 Å². The van der Waals surface area contributed by atoms with Crippen molar-refractivity contribution in [2.24, 2.45) is 0 Å². The fraction of sp³-hybridized carbons (Fsp3) is 0.455. The minimum Gasteiger partial charge on any atom is -0.508 e. The molecule has 1 atom stereocenters. The van der Waals surface area contributed by atoms with E-state index in [0.29, 0.717) is 12.1 Å². The van der Waals surface area contributed by atoms with Crippen LogP contribution in [0.5, 0.6) is 5.75 Å². The molecule has 1 aliphatic rings. The van der Waals surface area contributed by atoms with Crippen LogP contribution in [0, 0.1) is 11.6 Å². The van der Waals surface area contributed by atoms with Crippen LogP contribution in [0.25, 0.3) is 0 Å². The summed E-state index contributed by atoms with van der Waals surface area (Å²) in [5, 5.41) is 12.7. The lowest BCUT2D eigenvalue weighted by molar-refractivity contribution is 0.413. The van der Waals surface area contributed by atoms with Crippen LogP contribution in [-0.4, -0.2) is 18.2 Å². The molecule has 0 saturated carbocycles. The van der Waals surface area contributed by atoms with Gasteiger partial charge in [0.1, 0.15) is 5.75 Å². The number of nitrogens with one attached hydrogen (secondary N) is 1. The van der Waals surface area contributed by atoms with Crippen molar-refractivity contribution >= 4 is 0 Å². The Labute approximate surface area is 86.9 Å². The minimum absolute atomic E-state index is 0.0776. The average Bonchev–Trinajstić information content (AvgIpc) is 2.25. The molecule has 0 aliphatic carbocycles. The second-order valence-corrected chi connectivity index (χ2v) is 3.87. The third-order valence-corrected chi connectivity index (χ3v) is 2.81. The van der Waals surface area contributed by atoms with E-state index in [1.54, 1.807) is 0 Å². The van der Waals surface area contributed by atoms with Gasteiger partial charge in [-0.05, 0) is 25.5 Å². The van der Waals surface area contributed by atoms with Crippen molar-refractivity contribution in [3.05, 3.63) is 29.3 Å². The van der Waals surface area contributed by atoms with Crippen molar-refractivity contribution in [2.45, 2.75) is 18.8 Å². The second kappa shape index (κ2) is 4.14. The molecule has 0 radical (unpaired) electrons. The topological polar surface area (TPSA) is 32.3 Å². The van der Waals surface area contributed by atoms with Gasteiger partial charge in [0.2, 0.25) is 0 Å². The van der Waals surface area contributed by atoms with Crippen LogP contribution >= 0.6 is 0 Å². The van der Waals surface area contributed by atoms with Gasteiger partial charge in [0.05, 0.1) is 0 Å². The molecule has 82 valence electrons. The van der Waals surface area contributed by atoms with Crippen molar-refractivity contribution in [1.29, 1.82) is 0 Å². The Kier molecular flexibility index (Phi) is 2.86. The van der Waals surface area contributed by atoms with E-state index in [2.05, 4.69) is 5.32 Å². The summed E-state index contributed by atoms with van der Waals surface area (Å²) < 4.78 is 25.8. The summed E-state index contributed by atoms with van der Waals surface area (Å²) >= 11 is 0. The quantitative estimate of drug-likeness (QED) is 0.749. The second-order valence-electron chi connectivity index (χ2n) is 3.87. The number of halogens is 2. The molecule has 1 aromatic rings. The summed E-state index contributed by atoms with van der Waals surface area (Å²) in [6.45, 7) is 1.65. The molecule has 2 nitrogen and oxygen atoms in total. The van der Waals surface area contributed by atoms with Gasteiger partial charge in [-0.1, -0.05) is 0 Å². The first-order chi connectivity index (χ1) is 7.18. The maximum absolute atomic E-state index is 13.0. The predicted octanol–water partition coefficient (Wildman–Crippen LogP) is 2.14. The molecule has 1 aromatic carbocycles. The molecule has 2 rings (SSSR count). The summed E-state index contributed by atoms with van der Waals surface area (Å²) in [5.41, 5.74) is 0.501. The highest BCUT2D eigenvalue weighted by Gasteiger charge is 2.20. The lowest BCUT2D eigenvalue weighted by Crippen LogP contribution is -2.28. The highest BCUT2D eigenvalue weighted by Crippen LogP contribution is 2.31. The van der Waals surface area contributed by atoms with Gasteiger partial charge in [-0.3, -0.25) is 0 Å². The lowest BCUT2D eigenvalue weighted by Gasteiger charge is -2.23. The van der Waals surface area contributed by atoms with Crippen LogP contribution in [0.2, 0.25) is 0 Å². The van der Waals surface area contributed by atoms with Crippen molar-refractivity contribution in [3.63, 3.8) is 0 Å². The highest BCUT2D eigenvalue weighted by molar-refractivity contribution is 5.36. The molecule has 2 N–H and O–H groups in total. The number of phenolic OH excluding ortho intramolecular Hbond substituents is 1. The standard InChI is InChI=1S/C11H13F2NO/c12-9-4-8(11(15)5-10(9)13)7-2-1-3-14-6-7/h4-5,7,14-15H,1-3,6H2. The summed E-state index contributed by atoms with van der Waals surface area (Å²) in [6.07, 6.45) is 1.88. The molecule has 1 unspecified atom stereocenters. The molecule has 4 heteroatoms. The SMILES string of the molecule is Oc1cc(F)c(F)cc1C1CCCNC1. The van der Waals surface area contributed by atoms with E-state index >= 15 is 0 Å². The van der Waals surface area contributed by atoms with Crippen LogP contribution in [0.3, 0.4) is 0 Å². The normalized spacial score (nSPS) is 21.6. The molecule has 1 heterocycles. The van der Waals surface area contributed by atoms with Gasteiger partial charge in [-0.25, -0.2) is 8.78 Å². The Bertz CT molecular complexity index is 362. The Balaban J connectivity index is 2.30. The fourth-order valence-electron chi connectivity index (χ4n) is 2.00. The van der Waals surface area contributed by atoms with Crippen molar-refractivity contribution < 1.29 is 13.9 Å². The predicted molar refractivity (Wildman–Crippen MR) is 52.9 cm³/mol. The van der Waals surface area contributed by atoms with Gasteiger partial charge >= 0.3 is 0 Å². The first kappa shape index (κ1) is 10.4. The first-order valence-corrected chi connectivity index (χ1v) is 5.07. The Hall–Kier alpha value is -1.16. The fourth-order valence-corrected chi connectivity index (χ4v) is 2.00.